The van der Waals surface area contributed by atoms with Gasteiger partial charge in [0, 0.05) is 17.6 Å². The third-order valence-corrected chi connectivity index (χ3v) is 5.40. The van der Waals surface area contributed by atoms with Gasteiger partial charge in [-0.25, -0.2) is 9.59 Å². The smallest absolute Gasteiger partial charge is 0.334 e. The Morgan fingerprint density at radius 1 is 1.39 bits per heavy atom. The summed E-state index contributed by atoms with van der Waals surface area (Å²) >= 11 is 0. The molecule has 0 bridgehead atoms. The van der Waals surface area contributed by atoms with Crippen LogP contribution in [0.5, 0.6) is 0 Å². The molecule has 3 N–H and O–H groups in total. The van der Waals surface area contributed by atoms with Crippen LogP contribution in [0.4, 0.5) is 0 Å². The van der Waals surface area contributed by atoms with Gasteiger partial charge in [-0.15, -0.1) is 0 Å². The van der Waals surface area contributed by atoms with Gasteiger partial charge in [-0.1, -0.05) is 12.7 Å². The zero-order chi connectivity index (χ0) is 21.4. The molecule has 0 saturated carbocycles. The maximum absolute atomic E-state index is 12.5. The van der Waals surface area contributed by atoms with Crippen LogP contribution in [0.2, 0.25) is 0 Å². The molecule has 28 heavy (non-hydrogen) atoms. The molecule has 1 aliphatic heterocycles. The van der Waals surface area contributed by atoms with E-state index < -0.39 is 60.1 Å². The zero-order valence-electron chi connectivity index (χ0n) is 16.3. The number of carbonyl (C=O) groups is 3. The summed E-state index contributed by atoms with van der Waals surface area (Å²) in [6.45, 7) is 9.41. The van der Waals surface area contributed by atoms with Gasteiger partial charge < -0.3 is 24.8 Å². The quantitative estimate of drug-likeness (QED) is 0.348. The minimum atomic E-state index is -2.34. The normalized spacial score (nSPS) is 39.0. The van der Waals surface area contributed by atoms with Crippen molar-refractivity contribution in [3.8, 4) is 0 Å². The maximum atomic E-state index is 12.5. The van der Waals surface area contributed by atoms with E-state index in [2.05, 4.69) is 6.58 Å². The van der Waals surface area contributed by atoms with Gasteiger partial charge in [-0.3, -0.25) is 4.79 Å². The predicted molar refractivity (Wildman–Crippen MR) is 97.8 cm³/mol. The van der Waals surface area contributed by atoms with Crippen LogP contribution in [-0.2, 0) is 23.9 Å². The van der Waals surface area contributed by atoms with Crippen molar-refractivity contribution >= 4 is 17.7 Å². The fraction of sp³-hybridized carbons (Fsp3) is 0.550. The van der Waals surface area contributed by atoms with E-state index in [1.807, 2.05) is 0 Å². The van der Waals surface area contributed by atoms with Crippen molar-refractivity contribution in [3.63, 3.8) is 0 Å². The Morgan fingerprint density at radius 3 is 2.57 bits per heavy atom. The first kappa shape index (κ1) is 22.0. The molecule has 0 aromatic rings. The second kappa shape index (κ2) is 7.98. The fourth-order valence-electron chi connectivity index (χ4n) is 3.20. The summed E-state index contributed by atoms with van der Waals surface area (Å²) in [6.07, 6.45) is -3.11. The topological polar surface area (TPSA) is 130 Å². The average Bonchev–Trinajstić information content (AvgIpc) is 2.90. The number of ether oxygens (including phenoxy) is 2. The first-order valence-corrected chi connectivity index (χ1v) is 8.95. The lowest BCUT2D eigenvalue weighted by molar-refractivity contribution is -0.180. The number of hydrogen-bond acceptors (Lipinski definition) is 8. The molecule has 8 nitrogen and oxygen atoms in total. The fourth-order valence-corrected chi connectivity index (χ4v) is 3.20. The molecule has 8 heteroatoms. The monoisotopic (exact) mass is 394 g/mol. The number of hydrogen-bond donors (Lipinski definition) is 3. The molecular formula is C20H26O8. The number of aliphatic hydroxyl groups is 3. The number of fused-ring (bicyclic) bond motifs is 1. The molecule has 0 aromatic carbocycles. The number of aliphatic hydroxyl groups excluding tert-OH is 2. The van der Waals surface area contributed by atoms with Crippen LogP contribution in [0.3, 0.4) is 0 Å². The lowest BCUT2D eigenvalue weighted by atomic mass is 9.77. The summed E-state index contributed by atoms with van der Waals surface area (Å²) in [7, 11) is 0. The van der Waals surface area contributed by atoms with Gasteiger partial charge in [0.25, 0.3) is 0 Å². The van der Waals surface area contributed by atoms with E-state index in [4.69, 9.17) is 9.47 Å². The summed E-state index contributed by atoms with van der Waals surface area (Å²) in [5, 5.41) is 31.7. The zero-order valence-corrected chi connectivity index (χ0v) is 16.3. The number of rotatable bonds is 2. The number of Topliss-reactive ketones (excluding diaryl/α,β-unsaturated/α-hetero) is 1. The van der Waals surface area contributed by atoms with Crippen molar-refractivity contribution in [2.45, 2.75) is 64.1 Å². The summed E-state index contributed by atoms with van der Waals surface area (Å²) < 4.78 is 10.7. The highest BCUT2D eigenvalue weighted by atomic mass is 16.6. The Bertz CT molecular complexity index is 760. The van der Waals surface area contributed by atoms with Crippen LogP contribution in [0, 0.1) is 5.92 Å². The van der Waals surface area contributed by atoms with Crippen LogP contribution in [-0.4, -0.2) is 63.1 Å². The van der Waals surface area contributed by atoms with E-state index in [1.165, 1.54) is 19.1 Å². The highest BCUT2D eigenvalue weighted by Gasteiger charge is 2.54. The minimum absolute atomic E-state index is 0.0673. The Kier molecular flexibility index (Phi) is 6.27. The standard InChI is InChI=1S/C20H26O8/c1-6-9(2)18(24)28-16-15-11(4)19(25)27-13(15)7-10(3)12(21)8-14(22)20(5,26)17(16)23/h6-7,12-13,15-17,21,23,26H,4,8H2,1-3,5H3/b9-6-,10-7+/t12-,13+,15-,16-,17-,20+/m0/s1. The first-order valence-electron chi connectivity index (χ1n) is 8.95. The van der Waals surface area contributed by atoms with E-state index in [0.29, 0.717) is 5.57 Å². The van der Waals surface area contributed by atoms with Crippen LogP contribution < -0.4 is 0 Å². The second-order valence-corrected chi connectivity index (χ2v) is 7.41. The number of allylic oxidation sites excluding steroid dienone is 1. The van der Waals surface area contributed by atoms with E-state index >= 15 is 0 Å². The van der Waals surface area contributed by atoms with Gasteiger partial charge in [0.2, 0.25) is 0 Å². The number of ketones is 1. The highest BCUT2D eigenvalue weighted by Crippen LogP contribution is 2.38. The molecule has 0 radical (unpaired) electrons. The van der Waals surface area contributed by atoms with Crippen molar-refractivity contribution < 1.29 is 39.2 Å². The van der Waals surface area contributed by atoms with E-state index in [-0.39, 0.29) is 11.1 Å². The number of carbonyl (C=O) groups excluding carboxylic acids is 3. The van der Waals surface area contributed by atoms with Gasteiger partial charge in [0.05, 0.1) is 12.0 Å². The molecule has 0 unspecified atom stereocenters. The molecule has 1 heterocycles. The molecule has 154 valence electrons. The average molecular weight is 394 g/mol. The molecule has 1 aliphatic carbocycles. The predicted octanol–water partition coefficient (Wildman–Crippen LogP) is 0.354. The van der Waals surface area contributed by atoms with Crippen LogP contribution in [0.1, 0.15) is 34.1 Å². The van der Waals surface area contributed by atoms with Gasteiger partial charge in [0.15, 0.2) is 5.78 Å². The largest absolute Gasteiger partial charge is 0.455 e. The summed E-state index contributed by atoms with van der Waals surface area (Å²) in [6, 6.07) is 0. The van der Waals surface area contributed by atoms with Crippen molar-refractivity contribution in [1.29, 1.82) is 0 Å². The summed E-state index contributed by atoms with van der Waals surface area (Å²) in [5.41, 5.74) is -1.83. The third-order valence-electron chi connectivity index (χ3n) is 5.40. The molecule has 0 aromatic heterocycles. The first-order chi connectivity index (χ1) is 12.9. The Morgan fingerprint density at radius 2 is 2.00 bits per heavy atom. The molecule has 0 spiro atoms. The molecular weight excluding hydrogens is 368 g/mol. The van der Waals surface area contributed by atoms with Gasteiger partial charge in [0.1, 0.15) is 23.9 Å². The van der Waals surface area contributed by atoms with Gasteiger partial charge in [-0.05, 0) is 39.3 Å². The van der Waals surface area contributed by atoms with Crippen molar-refractivity contribution in [3.05, 3.63) is 35.5 Å². The third kappa shape index (κ3) is 3.94. The Labute approximate surface area is 163 Å². The maximum Gasteiger partial charge on any atom is 0.334 e. The van der Waals surface area contributed by atoms with E-state index in [0.717, 1.165) is 6.92 Å². The van der Waals surface area contributed by atoms with Gasteiger partial charge in [-0.2, -0.15) is 0 Å². The van der Waals surface area contributed by atoms with Crippen LogP contribution in [0.25, 0.3) is 0 Å². The van der Waals surface area contributed by atoms with Gasteiger partial charge >= 0.3 is 11.9 Å². The number of esters is 2. The Balaban J connectivity index is 2.61. The SMILES string of the molecule is C=C1C(=O)O[C@@H]2/C=C(\C)[C@@H](O)CC(=O)[C@@](C)(O)[C@@H](O)[C@@H](OC(=O)/C(C)=C\C)[C@@H]12. The molecule has 0 amide bonds. The molecule has 2 rings (SSSR count). The highest BCUT2D eigenvalue weighted by molar-refractivity contribution is 5.92. The van der Waals surface area contributed by atoms with Crippen molar-refractivity contribution in [1.82, 2.24) is 0 Å². The summed E-state index contributed by atoms with van der Waals surface area (Å²) in [5.74, 6) is -3.41. The Hall–Kier alpha value is -2.29. The minimum Gasteiger partial charge on any atom is -0.455 e. The van der Waals surface area contributed by atoms with Crippen molar-refractivity contribution in [2.24, 2.45) is 5.92 Å². The molecule has 2 aliphatic rings. The molecule has 6 atom stereocenters. The van der Waals surface area contributed by atoms with Crippen LogP contribution >= 0.6 is 0 Å². The van der Waals surface area contributed by atoms with E-state index in [1.54, 1.807) is 13.8 Å². The molecule has 1 saturated heterocycles. The van der Waals surface area contributed by atoms with E-state index in [9.17, 15) is 29.7 Å². The summed E-state index contributed by atoms with van der Waals surface area (Å²) in [4.78, 5) is 37.0. The molecule has 1 fully saturated rings. The second-order valence-electron chi connectivity index (χ2n) is 7.41. The lowest BCUT2D eigenvalue weighted by Gasteiger charge is -2.37. The lowest BCUT2D eigenvalue weighted by Crippen LogP contribution is -2.57. The van der Waals surface area contributed by atoms with Crippen molar-refractivity contribution in [2.75, 3.05) is 0 Å². The van der Waals surface area contributed by atoms with Crippen LogP contribution in [0.15, 0.2) is 35.5 Å².